The number of nitrogens with zero attached hydrogens (tertiary/aromatic N) is 1. The van der Waals surface area contributed by atoms with Gasteiger partial charge in [0, 0.05) is 13.2 Å². The molecule has 102 valence electrons. The molecule has 3 heteroatoms. The van der Waals surface area contributed by atoms with Crippen LogP contribution in [0.15, 0.2) is 24.3 Å². The van der Waals surface area contributed by atoms with Crippen molar-refractivity contribution in [1.29, 1.82) is 5.26 Å². The third-order valence-corrected chi connectivity index (χ3v) is 3.64. The molecule has 3 nitrogen and oxygen atoms in total. The Hall–Kier alpha value is -1.37. The van der Waals surface area contributed by atoms with Gasteiger partial charge in [0.1, 0.15) is 6.04 Å². The SMILES string of the molecule is CC(C)c1ccc(C(C#N)NCC2CCCO2)cc1. The number of hydrogen-bond acceptors (Lipinski definition) is 3. The summed E-state index contributed by atoms with van der Waals surface area (Å²) in [5.41, 5.74) is 2.34. The highest BCUT2D eigenvalue weighted by Gasteiger charge is 2.18. The monoisotopic (exact) mass is 258 g/mol. The lowest BCUT2D eigenvalue weighted by Gasteiger charge is -2.16. The number of rotatable bonds is 5. The zero-order valence-corrected chi connectivity index (χ0v) is 11.7. The van der Waals surface area contributed by atoms with Crippen molar-refractivity contribution in [3.63, 3.8) is 0 Å². The Balaban J connectivity index is 1.94. The molecule has 2 atom stereocenters. The van der Waals surface area contributed by atoms with Crippen molar-refractivity contribution < 1.29 is 4.74 Å². The first-order valence-corrected chi connectivity index (χ1v) is 7.05. The average molecular weight is 258 g/mol. The molecular formula is C16H22N2O. The predicted molar refractivity (Wildman–Crippen MR) is 75.9 cm³/mol. The van der Waals surface area contributed by atoms with Gasteiger partial charge in [-0.1, -0.05) is 38.1 Å². The molecule has 0 spiro atoms. The van der Waals surface area contributed by atoms with Gasteiger partial charge in [0.05, 0.1) is 12.2 Å². The summed E-state index contributed by atoms with van der Waals surface area (Å²) in [4.78, 5) is 0. The third-order valence-electron chi connectivity index (χ3n) is 3.64. The van der Waals surface area contributed by atoms with E-state index in [2.05, 4.69) is 37.4 Å². The van der Waals surface area contributed by atoms with Crippen molar-refractivity contribution in [1.82, 2.24) is 5.32 Å². The van der Waals surface area contributed by atoms with Crippen LogP contribution in [0.5, 0.6) is 0 Å². The Morgan fingerprint density at radius 3 is 2.53 bits per heavy atom. The van der Waals surface area contributed by atoms with E-state index in [0.29, 0.717) is 5.92 Å². The first kappa shape index (κ1) is 14.0. The van der Waals surface area contributed by atoms with E-state index in [1.54, 1.807) is 0 Å². The lowest BCUT2D eigenvalue weighted by molar-refractivity contribution is 0.109. The molecule has 0 amide bonds. The second-order valence-electron chi connectivity index (χ2n) is 5.43. The number of nitriles is 1. The van der Waals surface area contributed by atoms with Gasteiger partial charge >= 0.3 is 0 Å². The van der Waals surface area contributed by atoms with Crippen LogP contribution < -0.4 is 5.32 Å². The van der Waals surface area contributed by atoms with Crippen LogP contribution in [-0.4, -0.2) is 19.3 Å². The maximum absolute atomic E-state index is 9.28. The highest BCUT2D eigenvalue weighted by molar-refractivity contribution is 5.29. The standard InChI is InChI=1S/C16H22N2O/c1-12(2)13-5-7-14(8-6-13)16(10-17)18-11-15-4-3-9-19-15/h5-8,12,15-16,18H,3-4,9,11H2,1-2H3. The van der Waals surface area contributed by atoms with Crippen LogP contribution in [0.25, 0.3) is 0 Å². The van der Waals surface area contributed by atoms with Gasteiger partial charge in [-0.3, -0.25) is 5.32 Å². The van der Waals surface area contributed by atoms with Gasteiger partial charge in [0.25, 0.3) is 0 Å². The Morgan fingerprint density at radius 2 is 2.00 bits per heavy atom. The Morgan fingerprint density at radius 1 is 1.32 bits per heavy atom. The topological polar surface area (TPSA) is 45.0 Å². The van der Waals surface area contributed by atoms with Crippen molar-refractivity contribution in [3.05, 3.63) is 35.4 Å². The highest BCUT2D eigenvalue weighted by Crippen LogP contribution is 2.19. The Kier molecular flexibility index (Phi) is 4.95. The van der Waals surface area contributed by atoms with Gasteiger partial charge in [-0.25, -0.2) is 0 Å². The molecule has 0 radical (unpaired) electrons. The lowest BCUT2D eigenvalue weighted by Crippen LogP contribution is -2.29. The summed E-state index contributed by atoms with van der Waals surface area (Å²) in [6.07, 6.45) is 2.50. The van der Waals surface area contributed by atoms with Gasteiger partial charge < -0.3 is 4.74 Å². The zero-order chi connectivity index (χ0) is 13.7. The smallest absolute Gasteiger partial charge is 0.121 e. The van der Waals surface area contributed by atoms with E-state index >= 15 is 0 Å². The minimum absolute atomic E-state index is 0.245. The molecule has 0 aromatic heterocycles. The number of ether oxygens (including phenoxy) is 1. The second kappa shape index (κ2) is 6.70. The molecule has 19 heavy (non-hydrogen) atoms. The normalized spacial score (nSPS) is 20.4. The van der Waals surface area contributed by atoms with E-state index in [1.165, 1.54) is 5.56 Å². The number of nitrogens with one attached hydrogen (secondary N) is 1. The molecule has 0 aliphatic carbocycles. The molecule has 0 bridgehead atoms. The summed E-state index contributed by atoms with van der Waals surface area (Å²) < 4.78 is 5.56. The first-order chi connectivity index (χ1) is 9.20. The zero-order valence-electron chi connectivity index (χ0n) is 11.7. The summed E-state index contributed by atoms with van der Waals surface area (Å²) in [7, 11) is 0. The van der Waals surface area contributed by atoms with Gasteiger partial charge in [-0.15, -0.1) is 0 Å². The van der Waals surface area contributed by atoms with Crippen molar-refractivity contribution in [3.8, 4) is 6.07 Å². The van der Waals surface area contributed by atoms with Crippen LogP contribution in [0.4, 0.5) is 0 Å². The van der Waals surface area contributed by atoms with E-state index in [4.69, 9.17) is 4.74 Å². The second-order valence-corrected chi connectivity index (χ2v) is 5.43. The molecule has 1 N–H and O–H groups in total. The van der Waals surface area contributed by atoms with Crippen LogP contribution in [0.1, 0.15) is 49.8 Å². The minimum Gasteiger partial charge on any atom is -0.377 e. The van der Waals surface area contributed by atoms with Crippen LogP contribution >= 0.6 is 0 Å². The molecule has 1 saturated heterocycles. The van der Waals surface area contributed by atoms with Gasteiger partial charge in [-0.05, 0) is 29.9 Å². The Labute approximate surface area is 115 Å². The molecule has 2 unspecified atom stereocenters. The summed E-state index contributed by atoms with van der Waals surface area (Å²) in [6, 6.07) is 10.4. The van der Waals surface area contributed by atoms with E-state index in [1.807, 2.05) is 12.1 Å². The van der Waals surface area contributed by atoms with E-state index < -0.39 is 0 Å². The lowest BCUT2D eigenvalue weighted by atomic mass is 9.99. The van der Waals surface area contributed by atoms with Gasteiger partial charge in [0.15, 0.2) is 0 Å². The van der Waals surface area contributed by atoms with E-state index in [0.717, 1.165) is 31.6 Å². The molecule has 1 aromatic rings. The summed E-state index contributed by atoms with van der Waals surface area (Å²) >= 11 is 0. The quantitative estimate of drug-likeness (QED) is 0.882. The molecular weight excluding hydrogens is 236 g/mol. The van der Waals surface area contributed by atoms with E-state index in [-0.39, 0.29) is 12.1 Å². The Bertz CT molecular complexity index is 427. The van der Waals surface area contributed by atoms with Crippen molar-refractivity contribution >= 4 is 0 Å². The third kappa shape index (κ3) is 3.79. The molecule has 1 fully saturated rings. The summed E-state index contributed by atoms with van der Waals surface area (Å²) in [5.74, 6) is 0.523. The number of hydrogen-bond donors (Lipinski definition) is 1. The fourth-order valence-electron chi connectivity index (χ4n) is 2.37. The van der Waals surface area contributed by atoms with Gasteiger partial charge in [-0.2, -0.15) is 5.26 Å². The van der Waals surface area contributed by atoms with Crippen molar-refractivity contribution in [2.24, 2.45) is 0 Å². The largest absolute Gasteiger partial charge is 0.377 e. The molecule has 2 rings (SSSR count). The van der Waals surface area contributed by atoms with Gasteiger partial charge in [0.2, 0.25) is 0 Å². The van der Waals surface area contributed by atoms with E-state index in [9.17, 15) is 5.26 Å². The fourth-order valence-corrected chi connectivity index (χ4v) is 2.37. The van der Waals surface area contributed by atoms with Crippen LogP contribution in [0.3, 0.4) is 0 Å². The first-order valence-electron chi connectivity index (χ1n) is 7.05. The molecule has 1 aliphatic rings. The van der Waals surface area contributed by atoms with Crippen molar-refractivity contribution in [2.45, 2.75) is 44.8 Å². The molecule has 0 saturated carbocycles. The molecule has 1 heterocycles. The summed E-state index contributed by atoms with van der Waals surface area (Å²) in [5, 5.41) is 12.6. The van der Waals surface area contributed by atoms with Crippen molar-refractivity contribution in [2.75, 3.05) is 13.2 Å². The number of benzene rings is 1. The maximum Gasteiger partial charge on any atom is 0.121 e. The summed E-state index contributed by atoms with van der Waals surface area (Å²) in [6.45, 7) is 5.95. The highest BCUT2D eigenvalue weighted by atomic mass is 16.5. The fraction of sp³-hybridized carbons (Fsp3) is 0.562. The predicted octanol–water partition coefficient (Wildman–Crippen LogP) is 3.14. The average Bonchev–Trinajstić information content (AvgIpc) is 2.93. The van der Waals surface area contributed by atoms with Crippen LogP contribution in [0.2, 0.25) is 0 Å². The molecule has 1 aromatic carbocycles. The van der Waals surface area contributed by atoms with Crippen LogP contribution in [0, 0.1) is 11.3 Å². The molecule has 1 aliphatic heterocycles. The van der Waals surface area contributed by atoms with Crippen LogP contribution in [-0.2, 0) is 4.74 Å². The maximum atomic E-state index is 9.28. The minimum atomic E-state index is -0.245.